The van der Waals surface area contributed by atoms with E-state index in [1.54, 1.807) is 6.07 Å². The number of aromatic carboxylic acids is 1. The van der Waals surface area contributed by atoms with E-state index in [1.165, 1.54) is 36.5 Å². The maximum atomic E-state index is 11.7. The van der Waals surface area contributed by atoms with Gasteiger partial charge in [0, 0.05) is 17.6 Å². The number of halogens is 1. The topological polar surface area (TPSA) is 91.3 Å². The van der Waals surface area contributed by atoms with Gasteiger partial charge in [0.05, 0.1) is 5.56 Å². The van der Waals surface area contributed by atoms with Gasteiger partial charge < -0.3 is 15.7 Å². The number of carboxylic acids is 1. The minimum atomic E-state index is -1.02. The normalized spacial score (nSPS) is 9.85. The van der Waals surface area contributed by atoms with Crippen LogP contribution in [0.15, 0.2) is 42.6 Å². The number of benzene rings is 1. The fourth-order valence-electron chi connectivity index (χ4n) is 1.47. The molecule has 1 aromatic heterocycles. The van der Waals surface area contributed by atoms with Crippen LogP contribution in [0, 0.1) is 0 Å². The molecule has 1 aromatic carbocycles. The van der Waals surface area contributed by atoms with Gasteiger partial charge in [-0.1, -0.05) is 11.6 Å². The molecule has 0 saturated carbocycles. The highest BCUT2D eigenvalue weighted by molar-refractivity contribution is 6.29. The van der Waals surface area contributed by atoms with Gasteiger partial charge in [0.25, 0.3) is 0 Å². The first-order valence-corrected chi connectivity index (χ1v) is 5.95. The Hall–Kier alpha value is -2.60. The van der Waals surface area contributed by atoms with Crippen molar-refractivity contribution in [1.29, 1.82) is 0 Å². The first-order chi connectivity index (χ1) is 9.54. The fraction of sp³-hybridized carbons (Fsp3) is 0. The number of amides is 2. The van der Waals surface area contributed by atoms with Crippen LogP contribution in [0.25, 0.3) is 0 Å². The Bertz CT molecular complexity index is 644. The van der Waals surface area contributed by atoms with Crippen LogP contribution in [0.3, 0.4) is 0 Å². The molecule has 20 heavy (non-hydrogen) atoms. The summed E-state index contributed by atoms with van der Waals surface area (Å²) in [6.07, 6.45) is 1.47. The van der Waals surface area contributed by atoms with E-state index in [2.05, 4.69) is 15.6 Å². The molecule has 1 heterocycles. The molecular weight excluding hydrogens is 282 g/mol. The van der Waals surface area contributed by atoms with E-state index in [9.17, 15) is 9.59 Å². The molecule has 6 nitrogen and oxygen atoms in total. The number of carbonyl (C=O) groups excluding carboxylic acids is 1. The summed E-state index contributed by atoms with van der Waals surface area (Å²) in [4.78, 5) is 26.2. The molecular formula is C13H10ClN3O3. The fourth-order valence-corrected chi connectivity index (χ4v) is 1.64. The Morgan fingerprint density at radius 1 is 1.05 bits per heavy atom. The predicted molar refractivity (Wildman–Crippen MR) is 75.3 cm³/mol. The van der Waals surface area contributed by atoms with Crippen LogP contribution in [0.4, 0.5) is 16.2 Å². The number of pyridine rings is 1. The maximum absolute atomic E-state index is 11.7. The van der Waals surface area contributed by atoms with E-state index < -0.39 is 12.0 Å². The highest BCUT2D eigenvalue weighted by Gasteiger charge is 2.05. The highest BCUT2D eigenvalue weighted by atomic mass is 35.5. The molecule has 0 saturated heterocycles. The van der Waals surface area contributed by atoms with Crippen molar-refractivity contribution < 1.29 is 14.7 Å². The van der Waals surface area contributed by atoms with Gasteiger partial charge in [0.1, 0.15) is 5.15 Å². The number of urea groups is 1. The third-order valence-electron chi connectivity index (χ3n) is 2.37. The number of anilines is 2. The number of aromatic nitrogens is 1. The van der Waals surface area contributed by atoms with Gasteiger partial charge in [0.2, 0.25) is 0 Å². The molecule has 0 spiro atoms. The summed E-state index contributed by atoms with van der Waals surface area (Å²) >= 11 is 5.70. The van der Waals surface area contributed by atoms with E-state index in [0.717, 1.165) is 0 Å². The van der Waals surface area contributed by atoms with Crippen LogP contribution in [-0.2, 0) is 0 Å². The Labute approximate surface area is 119 Å². The van der Waals surface area contributed by atoms with Gasteiger partial charge in [-0.15, -0.1) is 0 Å². The van der Waals surface area contributed by atoms with Gasteiger partial charge in [-0.3, -0.25) is 0 Å². The summed E-state index contributed by atoms with van der Waals surface area (Å²) < 4.78 is 0. The molecule has 0 bridgehead atoms. The number of rotatable bonds is 3. The van der Waals surface area contributed by atoms with Gasteiger partial charge in [0.15, 0.2) is 0 Å². The molecule has 0 radical (unpaired) electrons. The molecule has 0 atom stereocenters. The summed E-state index contributed by atoms with van der Waals surface area (Å²) in [5, 5.41) is 14.2. The van der Waals surface area contributed by atoms with Crippen LogP contribution >= 0.6 is 11.6 Å². The second kappa shape index (κ2) is 6.03. The molecule has 7 heteroatoms. The van der Waals surface area contributed by atoms with Crippen molar-refractivity contribution in [3.63, 3.8) is 0 Å². The quantitative estimate of drug-likeness (QED) is 0.758. The average molecular weight is 292 g/mol. The lowest BCUT2D eigenvalue weighted by molar-refractivity contribution is 0.0697. The van der Waals surface area contributed by atoms with Gasteiger partial charge in [-0.25, -0.2) is 14.6 Å². The second-order valence-corrected chi connectivity index (χ2v) is 4.22. The van der Waals surface area contributed by atoms with Crippen LogP contribution in [0.1, 0.15) is 10.4 Å². The Balaban J connectivity index is 1.99. The van der Waals surface area contributed by atoms with Crippen LogP contribution in [0.5, 0.6) is 0 Å². The molecule has 0 aliphatic rings. The number of hydrogen-bond acceptors (Lipinski definition) is 3. The van der Waals surface area contributed by atoms with Crippen LogP contribution in [0.2, 0.25) is 5.15 Å². The van der Waals surface area contributed by atoms with Gasteiger partial charge >= 0.3 is 12.0 Å². The largest absolute Gasteiger partial charge is 0.478 e. The van der Waals surface area contributed by atoms with E-state index in [0.29, 0.717) is 11.4 Å². The molecule has 2 amide bonds. The minimum absolute atomic E-state index is 0.150. The SMILES string of the molecule is O=C(Nc1ccc(C(=O)O)cc1)Nc1ccnc(Cl)c1. The predicted octanol–water partition coefficient (Wildman–Crippen LogP) is 3.08. The zero-order chi connectivity index (χ0) is 14.5. The zero-order valence-electron chi connectivity index (χ0n) is 10.1. The monoisotopic (exact) mass is 291 g/mol. The number of nitrogens with one attached hydrogen (secondary N) is 2. The summed E-state index contributed by atoms with van der Waals surface area (Å²) in [6, 6.07) is 8.46. The first kappa shape index (κ1) is 13.8. The molecule has 0 unspecified atom stereocenters. The van der Waals surface area contributed by atoms with E-state index in [1.807, 2.05) is 0 Å². The minimum Gasteiger partial charge on any atom is -0.478 e. The molecule has 102 valence electrons. The lowest BCUT2D eigenvalue weighted by Gasteiger charge is -2.07. The Kier molecular flexibility index (Phi) is 4.17. The standard InChI is InChI=1S/C13H10ClN3O3/c14-11-7-10(5-6-15-11)17-13(20)16-9-3-1-8(2-4-9)12(18)19/h1-7H,(H,18,19)(H2,15,16,17,20). The highest BCUT2D eigenvalue weighted by Crippen LogP contribution is 2.13. The molecule has 2 aromatic rings. The van der Waals surface area contributed by atoms with Crippen molar-refractivity contribution in [3.05, 3.63) is 53.3 Å². The third kappa shape index (κ3) is 3.69. The van der Waals surface area contributed by atoms with Crippen LogP contribution in [-0.4, -0.2) is 22.1 Å². The third-order valence-corrected chi connectivity index (χ3v) is 2.58. The molecule has 0 fully saturated rings. The van der Waals surface area contributed by atoms with E-state index in [4.69, 9.17) is 16.7 Å². The van der Waals surface area contributed by atoms with Crippen molar-refractivity contribution in [2.45, 2.75) is 0 Å². The van der Waals surface area contributed by atoms with Gasteiger partial charge in [-0.2, -0.15) is 0 Å². The number of carboxylic acid groups (broad SMARTS) is 1. The Morgan fingerprint density at radius 3 is 2.30 bits per heavy atom. The van der Waals surface area contributed by atoms with Crippen molar-refractivity contribution in [2.75, 3.05) is 10.6 Å². The molecule has 0 aliphatic carbocycles. The van der Waals surface area contributed by atoms with E-state index in [-0.39, 0.29) is 10.7 Å². The Morgan fingerprint density at radius 2 is 1.70 bits per heavy atom. The van der Waals surface area contributed by atoms with Crippen molar-refractivity contribution in [3.8, 4) is 0 Å². The molecule has 3 N–H and O–H groups in total. The summed E-state index contributed by atoms with van der Waals surface area (Å²) in [7, 11) is 0. The van der Waals surface area contributed by atoms with E-state index >= 15 is 0 Å². The molecule has 2 rings (SSSR count). The zero-order valence-corrected chi connectivity index (χ0v) is 10.9. The molecule has 0 aliphatic heterocycles. The maximum Gasteiger partial charge on any atom is 0.335 e. The van der Waals surface area contributed by atoms with Crippen molar-refractivity contribution in [1.82, 2.24) is 4.98 Å². The average Bonchev–Trinajstić information content (AvgIpc) is 2.39. The number of carbonyl (C=O) groups is 2. The smallest absolute Gasteiger partial charge is 0.335 e. The van der Waals surface area contributed by atoms with Crippen LogP contribution < -0.4 is 10.6 Å². The van der Waals surface area contributed by atoms with Crippen molar-refractivity contribution >= 4 is 35.0 Å². The number of hydrogen-bond donors (Lipinski definition) is 3. The summed E-state index contributed by atoms with van der Waals surface area (Å²) in [5.41, 5.74) is 1.13. The summed E-state index contributed by atoms with van der Waals surface area (Å²) in [6.45, 7) is 0. The number of nitrogens with zero attached hydrogens (tertiary/aromatic N) is 1. The first-order valence-electron chi connectivity index (χ1n) is 5.57. The van der Waals surface area contributed by atoms with Gasteiger partial charge in [-0.05, 0) is 36.4 Å². The lowest BCUT2D eigenvalue weighted by atomic mass is 10.2. The van der Waals surface area contributed by atoms with Crippen molar-refractivity contribution in [2.24, 2.45) is 0 Å². The lowest BCUT2D eigenvalue weighted by Crippen LogP contribution is -2.19. The second-order valence-electron chi connectivity index (χ2n) is 3.83. The summed E-state index contributed by atoms with van der Waals surface area (Å²) in [5.74, 6) is -1.02.